The molecule has 5 nitrogen and oxygen atoms in total. The Balaban J connectivity index is 1.54. The summed E-state index contributed by atoms with van der Waals surface area (Å²) < 4.78 is 11.3. The van der Waals surface area contributed by atoms with Crippen molar-refractivity contribution in [2.75, 3.05) is 39.4 Å². The number of benzene rings is 1. The second-order valence-electron chi connectivity index (χ2n) is 5.89. The molecule has 1 aliphatic rings. The molecule has 1 atom stereocenters. The normalized spacial score (nSPS) is 20.7. The molecule has 2 aromatic rings. The van der Waals surface area contributed by atoms with Gasteiger partial charge in [0.05, 0.1) is 13.2 Å². The Morgan fingerprint density at radius 2 is 2.18 bits per heavy atom. The summed E-state index contributed by atoms with van der Waals surface area (Å²) in [5.41, 5.74) is 1.82. The molecule has 0 aliphatic carbocycles. The number of oxazole rings is 1. The fourth-order valence-electron chi connectivity index (χ4n) is 3.05. The zero-order valence-corrected chi connectivity index (χ0v) is 13.5. The largest absolute Gasteiger partial charge is 0.439 e. The van der Waals surface area contributed by atoms with Crippen molar-refractivity contribution < 1.29 is 9.15 Å². The highest BCUT2D eigenvalue weighted by Gasteiger charge is 2.24. The summed E-state index contributed by atoms with van der Waals surface area (Å²) in [6, 6.07) is 8.49. The van der Waals surface area contributed by atoms with Crippen LogP contribution in [0, 0.1) is 0 Å². The number of para-hydroxylation sites is 2. The maximum atomic E-state index is 5.83. The van der Waals surface area contributed by atoms with Crippen molar-refractivity contribution in [2.24, 2.45) is 0 Å². The zero-order valence-electron chi connectivity index (χ0n) is 13.5. The molecule has 0 bridgehead atoms. The first-order valence-electron chi connectivity index (χ1n) is 8.15. The van der Waals surface area contributed by atoms with Crippen molar-refractivity contribution in [1.29, 1.82) is 0 Å². The third-order valence-electron chi connectivity index (χ3n) is 4.27. The van der Waals surface area contributed by atoms with E-state index >= 15 is 0 Å². The van der Waals surface area contributed by atoms with Gasteiger partial charge in [-0.15, -0.1) is 0 Å². The summed E-state index contributed by atoms with van der Waals surface area (Å²) in [4.78, 5) is 9.49. The minimum absolute atomic E-state index is 0.540. The molecule has 1 aromatic carbocycles. The molecule has 120 valence electrons. The molecule has 1 saturated heterocycles. The zero-order chi connectivity index (χ0) is 15.4. The van der Waals surface area contributed by atoms with Gasteiger partial charge in [-0.25, -0.2) is 4.98 Å². The van der Waals surface area contributed by atoms with E-state index < -0.39 is 0 Å². The molecule has 5 heteroatoms. The molecule has 1 aromatic heterocycles. The number of fused-ring (bicyclic) bond motifs is 1. The van der Waals surface area contributed by atoms with E-state index in [1.807, 2.05) is 31.2 Å². The van der Waals surface area contributed by atoms with Gasteiger partial charge < -0.3 is 9.15 Å². The van der Waals surface area contributed by atoms with Crippen LogP contribution in [0.3, 0.4) is 0 Å². The molecule has 3 rings (SSSR count). The molecule has 0 spiro atoms. The number of hydrogen-bond acceptors (Lipinski definition) is 5. The Labute approximate surface area is 131 Å². The molecule has 0 radical (unpaired) electrons. The van der Waals surface area contributed by atoms with Gasteiger partial charge in [-0.1, -0.05) is 12.1 Å². The predicted molar refractivity (Wildman–Crippen MR) is 86.8 cm³/mol. The van der Waals surface area contributed by atoms with E-state index in [1.54, 1.807) is 0 Å². The van der Waals surface area contributed by atoms with E-state index in [0.29, 0.717) is 6.04 Å². The Morgan fingerprint density at radius 1 is 1.32 bits per heavy atom. The van der Waals surface area contributed by atoms with Crippen LogP contribution in [0.5, 0.6) is 0 Å². The van der Waals surface area contributed by atoms with Gasteiger partial charge in [0.15, 0.2) is 5.58 Å². The molecule has 1 unspecified atom stereocenters. The molecular formula is C17H25N3O2. The van der Waals surface area contributed by atoms with Crippen molar-refractivity contribution in [2.45, 2.75) is 26.4 Å². The van der Waals surface area contributed by atoms with Crippen molar-refractivity contribution in [3.05, 3.63) is 30.2 Å². The van der Waals surface area contributed by atoms with Crippen molar-refractivity contribution >= 4 is 11.1 Å². The number of aromatic nitrogens is 1. The first-order valence-corrected chi connectivity index (χ1v) is 8.15. The van der Waals surface area contributed by atoms with Crippen LogP contribution in [0.15, 0.2) is 28.7 Å². The Bertz CT molecular complexity index is 565. The van der Waals surface area contributed by atoms with Crippen LogP contribution in [0.4, 0.5) is 0 Å². The average Bonchev–Trinajstić information content (AvgIpc) is 2.92. The van der Waals surface area contributed by atoms with E-state index in [0.717, 1.165) is 62.9 Å². The van der Waals surface area contributed by atoms with Crippen LogP contribution < -0.4 is 0 Å². The second-order valence-corrected chi connectivity index (χ2v) is 5.89. The van der Waals surface area contributed by atoms with Gasteiger partial charge in [-0.3, -0.25) is 9.80 Å². The maximum Gasteiger partial charge on any atom is 0.209 e. The Kier molecular flexibility index (Phi) is 5.08. The lowest BCUT2D eigenvalue weighted by Crippen LogP contribution is -2.52. The fraction of sp³-hybridized carbons (Fsp3) is 0.588. The monoisotopic (exact) mass is 303 g/mol. The number of ether oxygens (including phenoxy) is 1. The van der Waals surface area contributed by atoms with Crippen molar-refractivity contribution in [3.63, 3.8) is 0 Å². The lowest BCUT2D eigenvalue weighted by Gasteiger charge is -2.39. The number of rotatable bonds is 6. The highest BCUT2D eigenvalue weighted by molar-refractivity contribution is 5.72. The number of hydrogen-bond donors (Lipinski definition) is 0. The second kappa shape index (κ2) is 7.22. The number of nitrogens with zero attached hydrogens (tertiary/aromatic N) is 3. The minimum atomic E-state index is 0.540. The van der Waals surface area contributed by atoms with E-state index in [1.165, 1.54) is 0 Å². The third kappa shape index (κ3) is 3.66. The summed E-state index contributed by atoms with van der Waals surface area (Å²) in [6.45, 7) is 10.9. The SMILES string of the molecule is CCOCCN1CCN(Cc2nc3ccccc3o2)CC1C. The van der Waals surface area contributed by atoms with Crippen LogP contribution in [-0.2, 0) is 11.3 Å². The van der Waals surface area contributed by atoms with Gasteiger partial charge in [0.1, 0.15) is 5.52 Å². The van der Waals surface area contributed by atoms with Gasteiger partial charge in [0.25, 0.3) is 0 Å². The van der Waals surface area contributed by atoms with E-state index in [2.05, 4.69) is 21.7 Å². The van der Waals surface area contributed by atoms with E-state index in [-0.39, 0.29) is 0 Å². The highest BCUT2D eigenvalue weighted by Crippen LogP contribution is 2.17. The standard InChI is InChI=1S/C17H25N3O2/c1-3-21-11-10-20-9-8-19(12-14(20)2)13-17-18-15-6-4-5-7-16(15)22-17/h4-7,14H,3,8-13H2,1-2H3. The lowest BCUT2D eigenvalue weighted by atomic mass is 10.2. The molecule has 1 fully saturated rings. The van der Waals surface area contributed by atoms with E-state index in [4.69, 9.17) is 9.15 Å². The highest BCUT2D eigenvalue weighted by atomic mass is 16.5. The Morgan fingerprint density at radius 3 is 2.95 bits per heavy atom. The molecule has 22 heavy (non-hydrogen) atoms. The molecule has 1 aliphatic heterocycles. The van der Waals surface area contributed by atoms with Gasteiger partial charge in [0.2, 0.25) is 5.89 Å². The topological polar surface area (TPSA) is 41.7 Å². The fourth-order valence-corrected chi connectivity index (χ4v) is 3.05. The summed E-state index contributed by atoms with van der Waals surface area (Å²) in [5, 5.41) is 0. The van der Waals surface area contributed by atoms with Gasteiger partial charge >= 0.3 is 0 Å². The van der Waals surface area contributed by atoms with Crippen LogP contribution in [-0.4, -0.2) is 60.2 Å². The molecule has 0 N–H and O–H groups in total. The summed E-state index contributed by atoms with van der Waals surface area (Å²) in [7, 11) is 0. The van der Waals surface area contributed by atoms with Crippen LogP contribution in [0.25, 0.3) is 11.1 Å². The average molecular weight is 303 g/mol. The van der Waals surface area contributed by atoms with Crippen molar-refractivity contribution in [3.8, 4) is 0 Å². The van der Waals surface area contributed by atoms with Gasteiger partial charge in [-0.2, -0.15) is 0 Å². The van der Waals surface area contributed by atoms with Crippen LogP contribution >= 0.6 is 0 Å². The van der Waals surface area contributed by atoms with Gasteiger partial charge in [-0.05, 0) is 26.0 Å². The van der Waals surface area contributed by atoms with E-state index in [9.17, 15) is 0 Å². The first kappa shape index (κ1) is 15.5. The third-order valence-corrected chi connectivity index (χ3v) is 4.27. The molecular weight excluding hydrogens is 278 g/mol. The van der Waals surface area contributed by atoms with Crippen LogP contribution in [0.1, 0.15) is 19.7 Å². The smallest absolute Gasteiger partial charge is 0.209 e. The predicted octanol–water partition coefficient (Wildman–Crippen LogP) is 2.37. The summed E-state index contributed by atoms with van der Waals surface area (Å²) in [5.74, 6) is 0.816. The molecule has 0 saturated carbocycles. The molecule has 2 heterocycles. The van der Waals surface area contributed by atoms with Gasteiger partial charge in [0, 0.05) is 38.8 Å². The van der Waals surface area contributed by atoms with Crippen molar-refractivity contribution in [1.82, 2.24) is 14.8 Å². The quantitative estimate of drug-likeness (QED) is 0.766. The summed E-state index contributed by atoms with van der Waals surface area (Å²) >= 11 is 0. The Hall–Kier alpha value is -1.43. The molecule has 0 amide bonds. The first-order chi connectivity index (χ1) is 10.8. The lowest BCUT2D eigenvalue weighted by molar-refractivity contribution is 0.0439. The minimum Gasteiger partial charge on any atom is -0.439 e. The van der Waals surface area contributed by atoms with Crippen LogP contribution in [0.2, 0.25) is 0 Å². The maximum absolute atomic E-state index is 5.83. The number of piperazine rings is 1. The summed E-state index contributed by atoms with van der Waals surface area (Å²) in [6.07, 6.45) is 0.